The van der Waals surface area contributed by atoms with Gasteiger partial charge < -0.3 is 16.2 Å². The van der Waals surface area contributed by atoms with Crippen LogP contribution in [0, 0.1) is 5.41 Å². The highest BCUT2D eigenvalue weighted by molar-refractivity contribution is 6.35. The predicted octanol–water partition coefficient (Wildman–Crippen LogP) is 4.50. The molecule has 1 aromatic carbocycles. The molecule has 0 amide bonds. The number of nitrogen functional groups attached to an aromatic ring is 2. The number of nitrogens with two attached hydrogens (primary N) is 2. The number of anilines is 2. The third-order valence-electron chi connectivity index (χ3n) is 3.98. The Morgan fingerprint density at radius 1 is 1.07 bits per heavy atom. The molecule has 6 nitrogen and oxygen atoms in total. The molecule has 2 aromatic heterocycles. The zero-order chi connectivity index (χ0) is 19.6. The van der Waals surface area contributed by atoms with Gasteiger partial charge in [-0.3, -0.25) is 10.4 Å². The molecular formula is C19H17Cl2N5O. The van der Waals surface area contributed by atoms with Crippen molar-refractivity contribution < 1.29 is 4.74 Å². The van der Waals surface area contributed by atoms with Crippen LogP contribution in [-0.4, -0.2) is 15.7 Å². The summed E-state index contributed by atoms with van der Waals surface area (Å²) in [5.41, 5.74) is 14.1. The number of benzene rings is 1. The van der Waals surface area contributed by atoms with Crippen molar-refractivity contribution in [3.63, 3.8) is 0 Å². The van der Waals surface area contributed by atoms with Crippen LogP contribution in [0.3, 0.4) is 0 Å². The molecule has 5 N–H and O–H groups in total. The van der Waals surface area contributed by atoms with Crippen LogP contribution < -0.4 is 16.2 Å². The largest absolute Gasteiger partial charge is 0.486 e. The highest BCUT2D eigenvalue weighted by Crippen LogP contribution is 2.33. The summed E-state index contributed by atoms with van der Waals surface area (Å²) in [6, 6.07) is 8.47. The third kappa shape index (κ3) is 4.13. The van der Waals surface area contributed by atoms with E-state index in [0.29, 0.717) is 44.0 Å². The van der Waals surface area contributed by atoms with Crippen molar-refractivity contribution in [3.05, 3.63) is 75.7 Å². The van der Waals surface area contributed by atoms with Gasteiger partial charge in [-0.05, 0) is 37.3 Å². The SMILES string of the molecule is CC(Oc1ccc(N)c(C(=N)c2ccc(N)nc2)c1)c1c(Cl)cncc1Cl. The van der Waals surface area contributed by atoms with E-state index in [2.05, 4.69) is 9.97 Å². The number of aromatic nitrogens is 2. The van der Waals surface area contributed by atoms with Gasteiger partial charge in [0.2, 0.25) is 0 Å². The van der Waals surface area contributed by atoms with Crippen molar-refractivity contribution in [1.29, 1.82) is 5.41 Å². The first-order chi connectivity index (χ1) is 12.9. The molecule has 0 aliphatic carbocycles. The molecule has 0 saturated heterocycles. The lowest BCUT2D eigenvalue weighted by Gasteiger charge is -2.18. The second-order valence-corrected chi connectivity index (χ2v) is 6.69. The zero-order valence-corrected chi connectivity index (χ0v) is 15.9. The molecule has 0 spiro atoms. The van der Waals surface area contributed by atoms with Crippen LogP contribution in [0.2, 0.25) is 10.0 Å². The predicted molar refractivity (Wildman–Crippen MR) is 109 cm³/mol. The molecule has 27 heavy (non-hydrogen) atoms. The quantitative estimate of drug-likeness (QED) is 0.430. The Labute approximate surface area is 166 Å². The highest BCUT2D eigenvalue weighted by Gasteiger charge is 2.17. The molecule has 8 heteroatoms. The standard InChI is InChI=1S/C19H17Cl2N5O/c1-10(18-14(20)8-25-9-15(18)21)27-12-3-4-16(22)13(6-12)19(24)11-2-5-17(23)26-7-11/h2-10,24H,22H2,1H3,(H2,23,26). The second kappa shape index (κ2) is 7.82. The van der Waals surface area contributed by atoms with Crippen molar-refractivity contribution in [3.8, 4) is 5.75 Å². The fourth-order valence-electron chi connectivity index (χ4n) is 2.61. The van der Waals surface area contributed by atoms with Crippen LogP contribution in [0.5, 0.6) is 5.75 Å². The maximum Gasteiger partial charge on any atom is 0.124 e. The van der Waals surface area contributed by atoms with Gasteiger partial charge in [-0.15, -0.1) is 0 Å². The van der Waals surface area contributed by atoms with E-state index in [0.717, 1.165) is 0 Å². The monoisotopic (exact) mass is 401 g/mol. The first-order valence-electron chi connectivity index (χ1n) is 8.02. The van der Waals surface area contributed by atoms with Gasteiger partial charge in [-0.1, -0.05) is 23.2 Å². The second-order valence-electron chi connectivity index (χ2n) is 5.87. The summed E-state index contributed by atoms with van der Waals surface area (Å²) in [6.07, 6.45) is 4.14. The average Bonchev–Trinajstić information content (AvgIpc) is 2.63. The molecule has 0 bridgehead atoms. The Kier molecular flexibility index (Phi) is 5.48. The van der Waals surface area contributed by atoms with Gasteiger partial charge >= 0.3 is 0 Å². The topological polar surface area (TPSA) is 111 Å². The molecule has 0 fully saturated rings. The van der Waals surface area contributed by atoms with Gasteiger partial charge in [0, 0.05) is 41.0 Å². The minimum Gasteiger partial charge on any atom is -0.486 e. The molecule has 0 radical (unpaired) electrons. The van der Waals surface area contributed by atoms with Crippen LogP contribution >= 0.6 is 23.2 Å². The van der Waals surface area contributed by atoms with Crippen molar-refractivity contribution in [2.45, 2.75) is 13.0 Å². The molecule has 138 valence electrons. The summed E-state index contributed by atoms with van der Waals surface area (Å²) >= 11 is 12.4. The fourth-order valence-corrected chi connectivity index (χ4v) is 3.28. The normalized spacial score (nSPS) is 11.8. The fraction of sp³-hybridized carbons (Fsp3) is 0.105. The van der Waals surface area contributed by atoms with E-state index in [9.17, 15) is 0 Å². The minimum absolute atomic E-state index is 0.220. The van der Waals surface area contributed by atoms with Crippen molar-refractivity contribution in [2.24, 2.45) is 0 Å². The van der Waals surface area contributed by atoms with Gasteiger partial charge in [0.1, 0.15) is 17.7 Å². The van der Waals surface area contributed by atoms with Gasteiger partial charge in [0.15, 0.2) is 0 Å². The first-order valence-corrected chi connectivity index (χ1v) is 8.78. The summed E-state index contributed by atoms with van der Waals surface area (Å²) < 4.78 is 5.98. The highest BCUT2D eigenvalue weighted by atomic mass is 35.5. The lowest BCUT2D eigenvalue weighted by atomic mass is 10.0. The molecular weight excluding hydrogens is 385 g/mol. The number of pyridine rings is 2. The van der Waals surface area contributed by atoms with Crippen LogP contribution in [0.25, 0.3) is 0 Å². The van der Waals surface area contributed by atoms with Crippen LogP contribution in [-0.2, 0) is 0 Å². The minimum atomic E-state index is -0.420. The molecule has 0 aliphatic heterocycles. The maximum absolute atomic E-state index is 8.43. The molecule has 1 atom stereocenters. The Morgan fingerprint density at radius 2 is 1.78 bits per heavy atom. The van der Waals surface area contributed by atoms with E-state index < -0.39 is 6.10 Å². The average molecular weight is 402 g/mol. The summed E-state index contributed by atoms with van der Waals surface area (Å²) in [6.45, 7) is 1.83. The molecule has 3 rings (SSSR count). The zero-order valence-electron chi connectivity index (χ0n) is 14.4. The number of hydrogen-bond donors (Lipinski definition) is 3. The van der Waals surface area contributed by atoms with Crippen LogP contribution in [0.4, 0.5) is 11.5 Å². The van der Waals surface area contributed by atoms with Crippen LogP contribution in [0.1, 0.15) is 29.7 Å². The lowest BCUT2D eigenvalue weighted by molar-refractivity contribution is 0.227. The molecule has 1 unspecified atom stereocenters. The summed E-state index contributed by atoms with van der Waals surface area (Å²) in [4.78, 5) is 7.96. The Morgan fingerprint density at radius 3 is 2.41 bits per heavy atom. The van der Waals surface area contributed by atoms with Crippen molar-refractivity contribution in [1.82, 2.24) is 9.97 Å². The molecule has 2 heterocycles. The number of nitrogens with one attached hydrogen (secondary N) is 1. The summed E-state index contributed by atoms with van der Waals surface area (Å²) in [5.74, 6) is 0.917. The third-order valence-corrected chi connectivity index (χ3v) is 4.58. The van der Waals surface area contributed by atoms with Gasteiger partial charge in [0.25, 0.3) is 0 Å². The Balaban J connectivity index is 1.89. The number of rotatable bonds is 5. The van der Waals surface area contributed by atoms with Crippen molar-refractivity contribution >= 4 is 40.4 Å². The van der Waals surface area contributed by atoms with E-state index in [1.165, 1.54) is 18.6 Å². The van der Waals surface area contributed by atoms with E-state index in [1.54, 1.807) is 30.3 Å². The van der Waals surface area contributed by atoms with E-state index in [4.69, 9.17) is 44.8 Å². The number of ether oxygens (including phenoxy) is 1. The van der Waals surface area contributed by atoms with Gasteiger partial charge in [-0.25, -0.2) is 4.98 Å². The van der Waals surface area contributed by atoms with E-state index >= 15 is 0 Å². The number of nitrogens with zero attached hydrogens (tertiary/aromatic N) is 2. The van der Waals surface area contributed by atoms with E-state index in [-0.39, 0.29) is 5.71 Å². The smallest absolute Gasteiger partial charge is 0.124 e. The molecule has 0 saturated carbocycles. The van der Waals surface area contributed by atoms with Gasteiger partial charge in [0.05, 0.1) is 15.8 Å². The number of halogens is 2. The summed E-state index contributed by atoms with van der Waals surface area (Å²) in [7, 11) is 0. The molecule has 3 aromatic rings. The Bertz CT molecular complexity index is 972. The number of hydrogen-bond acceptors (Lipinski definition) is 6. The van der Waals surface area contributed by atoms with Gasteiger partial charge in [-0.2, -0.15) is 0 Å². The lowest BCUT2D eigenvalue weighted by Crippen LogP contribution is -2.09. The summed E-state index contributed by atoms with van der Waals surface area (Å²) in [5, 5.41) is 9.27. The molecule has 0 aliphatic rings. The van der Waals surface area contributed by atoms with Crippen LogP contribution in [0.15, 0.2) is 48.9 Å². The maximum atomic E-state index is 8.43. The Hall–Kier alpha value is -2.83. The van der Waals surface area contributed by atoms with E-state index in [1.807, 2.05) is 6.92 Å². The first kappa shape index (κ1) is 18.9. The van der Waals surface area contributed by atoms with Crippen molar-refractivity contribution in [2.75, 3.05) is 11.5 Å².